The van der Waals surface area contributed by atoms with Gasteiger partial charge < -0.3 is 4.74 Å². The predicted octanol–water partition coefficient (Wildman–Crippen LogP) is 1.12. The van der Waals surface area contributed by atoms with Gasteiger partial charge in [-0.05, 0) is 27.7 Å². The molecule has 0 atom stereocenters. The molecule has 0 aliphatic carbocycles. The highest BCUT2D eigenvalue weighted by Gasteiger charge is 2.37. The molecule has 80 valence electrons. The minimum absolute atomic E-state index is 0.216. The molecular weight excluding hydrogens is 184 g/mol. The highest BCUT2D eigenvalue weighted by atomic mass is 16.5. The topological polar surface area (TPSA) is 60.4 Å². The van der Waals surface area contributed by atoms with Gasteiger partial charge in [0, 0.05) is 0 Å². The lowest BCUT2D eigenvalue weighted by molar-refractivity contribution is -0.157. The highest BCUT2D eigenvalue weighted by molar-refractivity contribution is 6.09. The van der Waals surface area contributed by atoms with Gasteiger partial charge in [-0.1, -0.05) is 0 Å². The van der Waals surface area contributed by atoms with E-state index >= 15 is 0 Å². The normalized spacial score (nSPS) is 10.9. The van der Waals surface area contributed by atoms with Crippen LogP contribution in [-0.4, -0.2) is 24.1 Å². The molecule has 0 radical (unpaired) electrons. The fraction of sp³-hybridized carbons (Fsp3) is 0.700. The van der Waals surface area contributed by atoms with Crippen molar-refractivity contribution in [2.75, 3.05) is 6.61 Å². The first kappa shape index (κ1) is 12.8. The Morgan fingerprint density at radius 2 is 1.71 bits per heavy atom. The van der Waals surface area contributed by atoms with Gasteiger partial charge in [0.05, 0.1) is 13.0 Å². The summed E-state index contributed by atoms with van der Waals surface area (Å²) in [7, 11) is 0. The maximum atomic E-state index is 11.5. The molecule has 0 aromatic heterocycles. The molecule has 14 heavy (non-hydrogen) atoms. The largest absolute Gasteiger partial charge is 0.465 e. The Hall–Kier alpha value is -1.19. The van der Waals surface area contributed by atoms with Crippen LogP contribution in [0.15, 0.2) is 0 Å². The number of ketones is 2. The van der Waals surface area contributed by atoms with Crippen LogP contribution in [0.5, 0.6) is 0 Å². The van der Waals surface area contributed by atoms with Crippen LogP contribution in [0, 0.1) is 5.41 Å². The summed E-state index contributed by atoms with van der Waals surface area (Å²) in [5.41, 5.74) is -1.22. The zero-order valence-electron chi connectivity index (χ0n) is 9.05. The van der Waals surface area contributed by atoms with Crippen LogP contribution in [0.1, 0.15) is 34.1 Å². The number of esters is 1. The van der Waals surface area contributed by atoms with Gasteiger partial charge in [0.2, 0.25) is 0 Å². The van der Waals surface area contributed by atoms with E-state index in [1.54, 1.807) is 6.92 Å². The second-order valence-electron chi connectivity index (χ2n) is 3.65. The van der Waals surface area contributed by atoms with E-state index in [1.807, 2.05) is 0 Å². The van der Waals surface area contributed by atoms with Crippen molar-refractivity contribution in [1.29, 1.82) is 0 Å². The highest BCUT2D eigenvalue weighted by Crippen LogP contribution is 2.20. The van der Waals surface area contributed by atoms with Gasteiger partial charge in [-0.3, -0.25) is 14.4 Å². The van der Waals surface area contributed by atoms with E-state index in [0.29, 0.717) is 0 Å². The minimum Gasteiger partial charge on any atom is -0.465 e. The second kappa shape index (κ2) is 4.88. The number of hydrogen-bond acceptors (Lipinski definition) is 4. The third kappa shape index (κ3) is 3.28. The molecule has 0 rings (SSSR count). The van der Waals surface area contributed by atoms with Crippen molar-refractivity contribution in [3.8, 4) is 0 Å². The van der Waals surface area contributed by atoms with Crippen LogP contribution in [-0.2, 0) is 19.1 Å². The Kier molecular flexibility index (Phi) is 4.47. The summed E-state index contributed by atoms with van der Waals surface area (Å²) in [4.78, 5) is 33.5. The maximum Gasteiger partial charge on any atom is 0.319 e. The van der Waals surface area contributed by atoms with E-state index < -0.39 is 17.2 Å². The Morgan fingerprint density at radius 3 is 2.07 bits per heavy atom. The zero-order chi connectivity index (χ0) is 11.4. The lowest BCUT2D eigenvalue weighted by Gasteiger charge is -2.19. The first-order chi connectivity index (χ1) is 6.32. The molecule has 0 amide bonds. The summed E-state index contributed by atoms with van der Waals surface area (Å²) in [6.45, 7) is 6.16. The third-order valence-electron chi connectivity index (χ3n) is 1.89. The predicted molar refractivity (Wildman–Crippen MR) is 50.7 cm³/mol. The van der Waals surface area contributed by atoms with Crippen molar-refractivity contribution in [3.05, 3.63) is 0 Å². The molecule has 0 aromatic rings. The number of ether oxygens (including phenoxy) is 1. The van der Waals surface area contributed by atoms with Gasteiger partial charge in [-0.2, -0.15) is 0 Å². The molecule has 0 N–H and O–H groups in total. The van der Waals surface area contributed by atoms with Gasteiger partial charge in [-0.15, -0.1) is 0 Å². The summed E-state index contributed by atoms with van der Waals surface area (Å²) < 4.78 is 4.74. The van der Waals surface area contributed by atoms with Gasteiger partial charge in [0.1, 0.15) is 11.2 Å². The molecular formula is C10H16O4. The first-order valence-corrected chi connectivity index (χ1v) is 4.52. The van der Waals surface area contributed by atoms with Gasteiger partial charge in [0.25, 0.3) is 0 Å². The first-order valence-electron chi connectivity index (χ1n) is 4.52. The lowest BCUT2D eigenvalue weighted by Crippen LogP contribution is -2.36. The fourth-order valence-corrected chi connectivity index (χ4v) is 0.872. The zero-order valence-corrected chi connectivity index (χ0v) is 9.05. The standard InChI is InChI=1S/C10H16O4/c1-5-14-9(13)10(3,4)8(12)6-7(2)11/h5-6H2,1-4H3. The Morgan fingerprint density at radius 1 is 1.21 bits per heavy atom. The minimum atomic E-state index is -1.22. The van der Waals surface area contributed by atoms with E-state index in [0.717, 1.165) is 0 Å². The monoisotopic (exact) mass is 200 g/mol. The van der Waals surface area contributed by atoms with Crippen LogP contribution >= 0.6 is 0 Å². The SMILES string of the molecule is CCOC(=O)C(C)(C)C(=O)CC(C)=O. The maximum absolute atomic E-state index is 11.5. The molecule has 0 saturated carbocycles. The van der Waals surface area contributed by atoms with E-state index in [1.165, 1.54) is 20.8 Å². The number of carbonyl (C=O) groups is 3. The third-order valence-corrected chi connectivity index (χ3v) is 1.89. The molecule has 0 aliphatic rings. The van der Waals surface area contributed by atoms with Crippen molar-refractivity contribution < 1.29 is 19.1 Å². The molecule has 0 fully saturated rings. The van der Waals surface area contributed by atoms with Crippen LogP contribution < -0.4 is 0 Å². The molecule has 0 aliphatic heterocycles. The Bertz CT molecular complexity index is 253. The average molecular weight is 200 g/mol. The van der Waals surface area contributed by atoms with Crippen molar-refractivity contribution in [3.63, 3.8) is 0 Å². The summed E-state index contributed by atoms with van der Waals surface area (Å²) in [6.07, 6.45) is -0.216. The van der Waals surface area contributed by atoms with Gasteiger partial charge in [0.15, 0.2) is 5.78 Å². The average Bonchev–Trinajstić information content (AvgIpc) is 2.03. The number of carbonyl (C=O) groups excluding carboxylic acids is 3. The molecule has 0 spiro atoms. The lowest BCUT2D eigenvalue weighted by atomic mass is 9.86. The van der Waals surface area contributed by atoms with E-state index in [2.05, 4.69) is 0 Å². The quantitative estimate of drug-likeness (QED) is 0.493. The van der Waals surface area contributed by atoms with Crippen LogP contribution in [0.2, 0.25) is 0 Å². The van der Waals surface area contributed by atoms with Crippen molar-refractivity contribution in [2.45, 2.75) is 34.1 Å². The number of hydrogen-bond donors (Lipinski definition) is 0. The van der Waals surface area contributed by atoms with E-state index in [9.17, 15) is 14.4 Å². The van der Waals surface area contributed by atoms with E-state index in [4.69, 9.17) is 4.74 Å². The second-order valence-corrected chi connectivity index (χ2v) is 3.65. The molecule has 4 nitrogen and oxygen atoms in total. The summed E-state index contributed by atoms with van der Waals surface area (Å²) in [5, 5.41) is 0. The smallest absolute Gasteiger partial charge is 0.319 e. The molecule has 0 saturated heterocycles. The Labute approximate surface area is 83.6 Å². The van der Waals surface area contributed by atoms with Crippen LogP contribution in [0.4, 0.5) is 0 Å². The van der Waals surface area contributed by atoms with Crippen molar-refractivity contribution in [2.24, 2.45) is 5.41 Å². The molecule has 0 unspecified atom stereocenters. The molecule has 4 heteroatoms. The number of rotatable bonds is 5. The van der Waals surface area contributed by atoms with Gasteiger partial charge >= 0.3 is 5.97 Å². The summed E-state index contributed by atoms with van der Waals surface area (Å²) >= 11 is 0. The van der Waals surface area contributed by atoms with Crippen molar-refractivity contribution >= 4 is 17.5 Å². The summed E-state index contributed by atoms with van der Waals surface area (Å²) in [6, 6.07) is 0. The number of Topliss-reactive ketones (excluding diaryl/α,β-unsaturated/α-hetero) is 2. The van der Waals surface area contributed by atoms with Crippen LogP contribution in [0.3, 0.4) is 0 Å². The van der Waals surface area contributed by atoms with Crippen LogP contribution in [0.25, 0.3) is 0 Å². The van der Waals surface area contributed by atoms with E-state index in [-0.39, 0.29) is 18.8 Å². The molecule has 0 bridgehead atoms. The van der Waals surface area contributed by atoms with Crippen molar-refractivity contribution in [1.82, 2.24) is 0 Å². The fourth-order valence-electron chi connectivity index (χ4n) is 0.872. The molecule has 0 aromatic carbocycles. The van der Waals surface area contributed by atoms with Gasteiger partial charge in [-0.25, -0.2) is 0 Å². The molecule has 0 heterocycles. The Balaban J connectivity index is 4.51. The summed E-state index contributed by atoms with van der Waals surface area (Å²) in [5.74, 6) is -1.22.